The SMILES string of the molecule is Cc1nccc(CNC(=O)NCc2cccc(C(F)(F)F)c2)n1. The van der Waals surface area contributed by atoms with Gasteiger partial charge in [-0.25, -0.2) is 14.8 Å². The van der Waals surface area contributed by atoms with Gasteiger partial charge in [-0.1, -0.05) is 12.1 Å². The van der Waals surface area contributed by atoms with Crippen LogP contribution in [-0.2, 0) is 19.3 Å². The highest BCUT2D eigenvalue weighted by Crippen LogP contribution is 2.29. The molecule has 1 aromatic heterocycles. The third kappa shape index (κ3) is 5.24. The second kappa shape index (κ2) is 7.08. The fourth-order valence-corrected chi connectivity index (χ4v) is 1.88. The van der Waals surface area contributed by atoms with Crippen LogP contribution in [0.1, 0.15) is 22.6 Å². The van der Waals surface area contributed by atoms with Gasteiger partial charge >= 0.3 is 12.2 Å². The van der Waals surface area contributed by atoms with E-state index in [4.69, 9.17) is 0 Å². The van der Waals surface area contributed by atoms with Crippen LogP contribution in [0.5, 0.6) is 0 Å². The second-order valence-corrected chi connectivity index (χ2v) is 4.83. The lowest BCUT2D eigenvalue weighted by Crippen LogP contribution is -2.34. The summed E-state index contributed by atoms with van der Waals surface area (Å²) in [7, 11) is 0. The molecule has 0 aliphatic rings. The second-order valence-electron chi connectivity index (χ2n) is 4.83. The minimum Gasteiger partial charge on any atom is -0.334 e. The summed E-state index contributed by atoms with van der Waals surface area (Å²) in [4.78, 5) is 19.7. The molecule has 2 rings (SSSR count). The molecular formula is C15H15F3N4O. The van der Waals surface area contributed by atoms with Crippen molar-refractivity contribution in [3.05, 3.63) is 59.2 Å². The van der Waals surface area contributed by atoms with E-state index in [0.29, 0.717) is 17.1 Å². The van der Waals surface area contributed by atoms with Crippen LogP contribution in [-0.4, -0.2) is 16.0 Å². The van der Waals surface area contributed by atoms with Gasteiger partial charge in [0.05, 0.1) is 17.8 Å². The molecule has 0 spiro atoms. The van der Waals surface area contributed by atoms with Crippen LogP contribution in [0.25, 0.3) is 0 Å². The Bertz CT molecular complexity index is 688. The average molecular weight is 324 g/mol. The van der Waals surface area contributed by atoms with E-state index in [1.165, 1.54) is 12.1 Å². The zero-order valence-corrected chi connectivity index (χ0v) is 12.3. The van der Waals surface area contributed by atoms with Crippen LogP contribution in [0, 0.1) is 6.92 Å². The number of hydrogen-bond donors (Lipinski definition) is 2. The Balaban J connectivity index is 1.85. The van der Waals surface area contributed by atoms with Crippen molar-refractivity contribution in [1.29, 1.82) is 0 Å². The fraction of sp³-hybridized carbons (Fsp3) is 0.267. The molecule has 122 valence electrons. The number of aryl methyl sites for hydroxylation is 1. The third-order valence-electron chi connectivity index (χ3n) is 2.97. The predicted octanol–water partition coefficient (Wildman–Crippen LogP) is 2.80. The van der Waals surface area contributed by atoms with Gasteiger partial charge in [-0.05, 0) is 30.7 Å². The normalized spacial score (nSPS) is 11.1. The molecule has 0 fully saturated rings. The highest BCUT2D eigenvalue weighted by atomic mass is 19.4. The molecule has 0 unspecified atom stereocenters. The van der Waals surface area contributed by atoms with Crippen LogP contribution < -0.4 is 10.6 Å². The topological polar surface area (TPSA) is 66.9 Å². The monoisotopic (exact) mass is 324 g/mol. The van der Waals surface area contributed by atoms with Crippen molar-refractivity contribution in [2.45, 2.75) is 26.2 Å². The van der Waals surface area contributed by atoms with Crippen LogP contribution in [0.3, 0.4) is 0 Å². The van der Waals surface area contributed by atoms with E-state index in [9.17, 15) is 18.0 Å². The van der Waals surface area contributed by atoms with Crippen LogP contribution in [0.15, 0.2) is 36.5 Å². The van der Waals surface area contributed by atoms with Gasteiger partial charge in [-0.2, -0.15) is 13.2 Å². The van der Waals surface area contributed by atoms with E-state index in [1.807, 2.05) is 0 Å². The molecule has 0 radical (unpaired) electrons. The van der Waals surface area contributed by atoms with Gasteiger partial charge in [-0.3, -0.25) is 0 Å². The lowest BCUT2D eigenvalue weighted by molar-refractivity contribution is -0.137. The first-order valence-corrected chi connectivity index (χ1v) is 6.81. The molecular weight excluding hydrogens is 309 g/mol. The number of nitrogens with one attached hydrogen (secondary N) is 2. The summed E-state index contributed by atoms with van der Waals surface area (Å²) in [6.45, 7) is 1.94. The van der Waals surface area contributed by atoms with Crippen molar-refractivity contribution >= 4 is 6.03 Å². The highest BCUT2D eigenvalue weighted by molar-refractivity contribution is 5.73. The Hall–Kier alpha value is -2.64. The van der Waals surface area contributed by atoms with Crippen molar-refractivity contribution in [3.8, 4) is 0 Å². The Labute approximate surface area is 131 Å². The van der Waals surface area contributed by atoms with Crippen LogP contribution in [0.4, 0.5) is 18.0 Å². The molecule has 0 aliphatic carbocycles. The number of carbonyl (C=O) groups is 1. The standard InChI is InChI=1S/C15H15F3N4O/c1-10-19-6-5-13(22-10)9-21-14(23)20-8-11-3-2-4-12(7-11)15(16,17)18/h2-7H,8-9H2,1H3,(H2,20,21,23). The first-order valence-electron chi connectivity index (χ1n) is 6.81. The summed E-state index contributed by atoms with van der Waals surface area (Å²) >= 11 is 0. The van der Waals surface area contributed by atoms with Gasteiger partial charge in [-0.15, -0.1) is 0 Å². The lowest BCUT2D eigenvalue weighted by Gasteiger charge is -2.10. The minimum atomic E-state index is -4.40. The molecule has 8 heteroatoms. The molecule has 1 aromatic carbocycles. The zero-order valence-electron chi connectivity index (χ0n) is 12.3. The molecule has 0 aliphatic heterocycles. The van der Waals surface area contributed by atoms with Gasteiger partial charge < -0.3 is 10.6 Å². The van der Waals surface area contributed by atoms with Crippen molar-refractivity contribution in [3.63, 3.8) is 0 Å². The van der Waals surface area contributed by atoms with Crippen molar-refractivity contribution in [1.82, 2.24) is 20.6 Å². The maximum absolute atomic E-state index is 12.6. The van der Waals surface area contributed by atoms with E-state index < -0.39 is 17.8 Å². The Morgan fingerprint density at radius 1 is 1.17 bits per heavy atom. The third-order valence-corrected chi connectivity index (χ3v) is 2.97. The number of carbonyl (C=O) groups excluding carboxylic acids is 1. The number of rotatable bonds is 4. The Morgan fingerprint density at radius 3 is 2.61 bits per heavy atom. The molecule has 0 saturated carbocycles. The lowest BCUT2D eigenvalue weighted by atomic mass is 10.1. The maximum Gasteiger partial charge on any atom is 0.416 e. The molecule has 23 heavy (non-hydrogen) atoms. The highest BCUT2D eigenvalue weighted by Gasteiger charge is 2.30. The molecule has 2 amide bonds. The zero-order chi connectivity index (χ0) is 16.9. The van der Waals surface area contributed by atoms with Gasteiger partial charge in [0.25, 0.3) is 0 Å². The molecule has 2 N–H and O–H groups in total. The molecule has 0 bridgehead atoms. The maximum atomic E-state index is 12.6. The Morgan fingerprint density at radius 2 is 1.91 bits per heavy atom. The fourth-order valence-electron chi connectivity index (χ4n) is 1.88. The summed E-state index contributed by atoms with van der Waals surface area (Å²) in [5.74, 6) is 0.591. The van der Waals surface area contributed by atoms with Gasteiger partial charge in [0.1, 0.15) is 5.82 Å². The summed E-state index contributed by atoms with van der Waals surface area (Å²) in [5.41, 5.74) is 0.272. The van der Waals surface area contributed by atoms with E-state index in [0.717, 1.165) is 12.1 Å². The quantitative estimate of drug-likeness (QED) is 0.909. The van der Waals surface area contributed by atoms with Crippen LogP contribution in [0.2, 0.25) is 0 Å². The minimum absolute atomic E-state index is 0.00143. The average Bonchev–Trinajstić information content (AvgIpc) is 2.50. The smallest absolute Gasteiger partial charge is 0.334 e. The van der Waals surface area contributed by atoms with Crippen molar-refractivity contribution in [2.75, 3.05) is 0 Å². The number of urea groups is 1. The van der Waals surface area contributed by atoms with Crippen LogP contribution >= 0.6 is 0 Å². The van der Waals surface area contributed by atoms with E-state index in [-0.39, 0.29) is 13.1 Å². The van der Waals surface area contributed by atoms with Gasteiger partial charge in [0.15, 0.2) is 0 Å². The summed E-state index contributed by atoms with van der Waals surface area (Å²) in [5, 5.41) is 5.08. The number of benzene rings is 1. The molecule has 1 heterocycles. The number of halogens is 3. The summed E-state index contributed by atoms with van der Waals surface area (Å²) in [6, 6.07) is 6.00. The van der Waals surface area contributed by atoms with Crippen molar-refractivity contribution in [2.24, 2.45) is 0 Å². The summed E-state index contributed by atoms with van der Waals surface area (Å²) in [6.07, 6.45) is -2.82. The summed E-state index contributed by atoms with van der Waals surface area (Å²) < 4.78 is 37.8. The first kappa shape index (κ1) is 16.7. The van der Waals surface area contributed by atoms with Gasteiger partial charge in [0.2, 0.25) is 0 Å². The van der Waals surface area contributed by atoms with Gasteiger partial charge in [0, 0.05) is 12.7 Å². The molecule has 2 aromatic rings. The number of nitrogens with zero attached hydrogens (tertiary/aromatic N) is 2. The van der Waals surface area contributed by atoms with E-state index in [1.54, 1.807) is 19.2 Å². The number of alkyl halides is 3. The number of aromatic nitrogens is 2. The van der Waals surface area contributed by atoms with E-state index in [2.05, 4.69) is 20.6 Å². The largest absolute Gasteiger partial charge is 0.416 e. The number of amides is 2. The van der Waals surface area contributed by atoms with Crippen molar-refractivity contribution < 1.29 is 18.0 Å². The number of hydrogen-bond acceptors (Lipinski definition) is 3. The first-order chi connectivity index (χ1) is 10.8. The Kier molecular flexibility index (Phi) is 5.15. The molecule has 0 saturated heterocycles. The predicted molar refractivity (Wildman–Crippen MR) is 77.3 cm³/mol. The molecule has 0 atom stereocenters. The molecule has 5 nitrogen and oxygen atoms in total. The van der Waals surface area contributed by atoms with E-state index >= 15 is 0 Å².